The minimum atomic E-state index is -0.766. The van der Waals surface area contributed by atoms with E-state index >= 15 is 0 Å². The van der Waals surface area contributed by atoms with Crippen molar-refractivity contribution in [1.29, 1.82) is 0 Å². The summed E-state index contributed by atoms with van der Waals surface area (Å²) in [5, 5.41) is 0. The highest BCUT2D eigenvalue weighted by Crippen LogP contribution is 2.17. The lowest BCUT2D eigenvalue weighted by atomic mass is 10.0. The second-order valence-corrected chi connectivity index (χ2v) is 18.5. The minimum absolute atomic E-state index is 0.0670. The van der Waals surface area contributed by atoms with Gasteiger partial charge in [-0.15, -0.1) is 0 Å². The fourth-order valence-corrected chi connectivity index (χ4v) is 8.13. The molecular weight excluding hydrogens is 757 g/mol. The van der Waals surface area contributed by atoms with Crippen LogP contribution in [0.3, 0.4) is 0 Å². The third-order valence-corrected chi connectivity index (χ3v) is 12.3. The molecule has 0 N–H and O–H groups in total. The van der Waals surface area contributed by atoms with Gasteiger partial charge in [-0.3, -0.25) is 14.4 Å². The van der Waals surface area contributed by atoms with E-state index in [0.29, 0.717) is 19.3 Å². The van der Waals surface area contributed by atoms with Crippen LogP contribution in [-0.4, -0.2) is 37.2 Å². The van der Waals surface area contributed by atoms with Crippen molar-refractivity contribution in [1.82, 2.24) is 0 Å². The van der Waals surface area contributed by atoms with Gasteiger partial charge in [-0.1, -0.05) is 258 Å². The normalized spacial score (nSPS) is 12.0. The van der Waals surface area contributed by atoms with E-state index in [0.717, 1.165) is 64.2 Å². The fourth-order valence-electron chi connectivity index (χ4n) is 8.13. The van der Waals surface area contributed by atoms with Crippen LogP contribution in [0.5, 0.6) is 0 Å². The molecule has 6 nitrogen and oxygen atoms in total. The van der Waals surface area contributed by atoms with Crippen LogP contribution in [0.15, 0.2) is 12.2 Å². The molecule has 0 heterocycles. The van der Waals surface area contributed by atoms with Crippen molar-refractivity contribution >= 4 is 17.9 Å². The Morgan fingerprint density at radius 1 is 0.311 bits per heavy atom. The van der Waals surface area contributed by atoms with Crippen LogP contribution in [0.25, 0.3) is 0 Å². The van der Waals surface area contributed by atoms with Gasteiger partial charge in [-0.25, -0.2) is 0 Å². The number of carbonyl (C=O) groups excluding carboxylic acids is 3. The number of allylic oxidation sites excluding steroid dienone is 2. The van der Waals surface area contributed by atoms with Crippen LogP contribution in [0.4, 0.5) is 0 Å². The lowest BCUT2D eigenvalue weighted by Gasteiger charge is -2.18. The Kier molecular flexibility index (Phi) is 49.3. The van der Waals surface area contributed by atoms with Crippen LogP contribution < -0.4 is 0 Å². The molecule has 0 saturated heterocycles. The van der Waals surface area contributed by atoms with E-state index in [2.05, 4.69) is 32.9 Å². The van der Waals surface area contributed by atoms with Gasteiger partial charge in [0.25, 0.3) is 0 Å². The number of unbranched alkanes of at least 4 members (excludes halogenated alkanes) is 37. The largest absolute Gasteiger partial charge is 0.462 e. The van der Waals surface area contributed by atoms with Crippen LogP contribution in [0.2, 0.25) is 0 Å². The molecule has 0 aromatic rings. The summed E-state index contributed by atoms with van der Waals surface area (Å²) >= 11 is 0. The summed E-state index contributed by atoms with van der Waals surface area (Å²) < 4.78 is 16.8. The van der Waals surface area contributed by atoms with Crippen LogP contribution in [0, 0.1) is 0 Å². The molecule has 0 bridgehead atoms. The van der Waals surface area contributed by atoms with Gasteiger partial charge in [0.05, 0.1) is 0 Å². The van der Waals surface area contributed by atoms with Gasteiger partial charge in [0.2, 0.25) is 0 Å². The molecule has 0 aromatic heterocycles. The highest BCUT2D eigenvalue weighted by atomic mass is 16.6. The first-order valence-electron chi connectivity index (χ1n) is 27.2. The van der Waals surface area contributed by atoms with E-state index < -0.39 is 6.10 Å². The highest BCUT2D eigenvalue weighted by Gasteiger charge is 2.19. The number of rotatable bonds is 50. The number of hydrogen-bond donors (Lipinski definition) is 0. The molecule has 1 atom stereocenters. The summed E-state index contributed by atoms with van der Waals surface area (Å²) in [6, 6.07) is 0. The maximum Gasteiger partial charge on any atom is 0.306 e. The van der Waals surface area contributed by atoms with Gasteiger partial charge in [0.15, 0.2) is 6.10 Å². The Bertz CT molecular complexity index is 947. The molecule has 0 aliphatic heterocycles. The van der Waals surface area contributed by atoms with Crippen LogP contribution in [-0.2, 0) is 28.6 Å². The molecule has 0 rings (SSSR count). The van der Waals surface area contributed by atoms with Crippen LogP contribution >= 0.6 is 0 Å². The van der Waals surface area contributed by atoms with Crippen molar-refractivity contribution < 1.29 is 28.6 Å². The number of ether oxygens (including phenoxy) is 3. The monoisotopic (exact) mass is 861 g/mol. The fraction of sp³-hybridized carbons (Fsp3) is 0.909. The molecule has 0 aromatic carbocycles. The smallest absolute Gasteiger partial charge is 0.306 e. The van der Waals surface area contributed by atoms with Gasteiger partial charge >= 0.3 is 17.9 Å². The number of hydrogen-bond acceptors (Lipinski definition) is 6. The summed E-state index contributed by atoms with van der Waals surface area (Å²) in [6.45, 7) is 6.64. The zero-order valence-corrected chi connectivity index (χ0v) is 41.2. The van der Waals surface area contributed by atoms with Crippen molar-refractivity contribution in [3.63, 3.8) is 0 Å². The molecular formula is C55H104O6. The average molecular weight is 861 g/mol. The third-order valence-electron chi connectivity index (χ3n) is 12.3. The van der Waals surface area contributed by atoms with Crippen molar-refractivity contribution in [2.24, 2.45) is 0 Å². The Balaban J connectivity index is 4.25. The molecule has 6 heteroatoms. The maximum absolute atomic E-state index is 12.8. The van der Waals surface area contributed by atoms with E-state index in [1.165, 1.54) is 199 Å². The predicted octanol–water partition coefficient (Wildman–Crippen LogP) is 17.8. The second-order valence-electron chi connectivity index (χ2n) is 18.5. The lowest BCUT2D eigenvalue weighted by molar-refractivity contribution is -0.167. The van der Waals surface area contributed by atoms with Gasteiger partial charge < -0.3 is 14.2 Å². The molecule has 0 aliphatic carbocycles. The van der Waals surface area contributed by atoms with E-state index in [1.807, 2.05) is 0 Å². The molecule has 0 saturated carbocycles. The molecule has 360 valence electrons. The lowest BCUT2D eigenvalue weighted by Crippen LogP contribution is -2.30. The topological polar surface area (TPSA) is 78.9 Å². The summed E-state index contributed by atoms with van der Waals surface area (Å²) in [5.41, 5.74) is 0. The summed E-state index contributed by atoms with van der Waals surface area (Å²) in [4.78, 5) is 38.0. The predicted molar refractivity (Wildman–Crippen MR) is 261 cm³/mol. The third kappa shape index (κ3) is 49.0. The van der Waals surface area contributed by atoms with Crippen molar-refractivity contribution in [2.75, 3.05) is 13.2 Å². The Labute approximate surface area is 380 Å². The van der Waals surface area contributed by atoms with E-state index in [4.69, 9.17) is 14.2 Å². The highest BCUT2D eigenvalue weighted by molar-refractivity contribution is 5.71. The summed E-state index contributed by atoms with van der Waals surface area (Å²) in [5.74, 6) is -0.858. The second kappa shape index (κ2) is 50.8. The van der Waals surface area contributed by atoms with Gasteiger partial charge in [0.1, 0.15) is 13.2 Å². The molecule has 0 spiro atoms. The minimum Gasteiger partial charge on any atom is -0.462 e. The first kappa shape index (κ1) is 59.1. The molecule has 0 amide bonds. The Morgan fingerprint density at radius 3 is 0.869 bits per heavy atom. The first-order valence-corrected chi connectivity index (χ1v) is 27.2. The zero-order valence-electron chi connectivity index (χ0n) is 41.2. The van der Waals surface area contributed by atoms with Crippen LogP contribution in [0.1, 0.15) is 303 Å². The molecule has 61 heavy (non-hydrogen) atoms. The van der Waals surface area contributed by atoms with Crippen molar-refractivity contribution in [3.8, 4) is 0 Å². The molecule has 0 radical (unpaired) electrons. The summed E-state index contributed by atoms with van der Waals surface area (Å²) in [6.07, 6.45) is 56.3. The maximum atomic E-state index is 12.8. The number of carbonyl (C=O) groups is 3. The van der Waals surface area contributed by atoms with Gasteiger partial charge in [-0.2, -0.15) is 0 Å². The van der Waals surface area contributed by atoms with E-state index in [9.17, 15) is 14.4 Å². The van der Waals surface area contributed by atoms with Gasteiger partial charge in [0, 0.05) is 19.3 Å². The molecule has 0 aliphatic rings. The standard InChI is InChI=1S/C55H104O6/c1-4-7-10-13-16-19-22-24-25-26-27-28-29-31-33-36-39-42-45-48-54(57)60-51-52(50-59-53(56)47-44-41-38-35-32-21-18-15-12-9-6-3)61-55(58)49-46-43-40-37-34-30-23-20-17-14-11-8-5-2/h15,18,52H,4-14,16-17,19-51H2,1-3H3/b18-15-/t52-/m1/s1. The van der Waals surface area contributed by atoms with Crippen molar-refractivity contribution in [2.45, 2.75) is 309 Å². The number of esters is 3. The Hall–Kier alpha value is -1.85. The summed E-state index contributed by atoms with van der Waals surface area (Å²) in [7, 11) is 0. The average Bonchev–Trinajstić information content (AvgIpc) is 3.26. The SMILES string of the molecule is CCCC/C=C\CCCCCCCC(=O)OC[C@H](COC(=O)CCCCCCCCCCCCCCCCCCCCC)OC(=O)CCCCCCCCCCCCCCC. The van der Waals surface area contributed by atoms with E-state index in [1.54, 1.807) is 0 Å². The van der Waals surface area contributed by atoms with Crippen molar-refractivity contribution in [3.05, 3.63) is 12.2 Å². The molecule has 0 unspecified atom stereocenters. The Morgan fingerprint density at radius 2 is 0.557 bits per heavy atom. The zero-order chi connectivity index (χ0) is 44.4. The van der Waals surface area contributed by atoms with Gasteiger partial charge in [-0.05, 0) is 38.5 Å². The first-order chi connectivity index (χ1) is 30.0. The molecule has 0 fully saturated rings. The van der Waals surface area contributed by atoms with E-state index in [-0.39, 0.29) is 31.1 Å². The quantitative estimate of drug-likeness (QED) is 0.0262.